The lowest BCUT2D eigenvalue weighted by Crippen LogP contribution is -2.49. The van der Waals surface area contributed by atoms with Gasteiger partial charge in [-0.1, -0.05) is 37.0 Å². The summed E-state index contributed by atoms with van der Waals surface area (Å²) in [5.41, 5.74) is 1.23. The maximum atomic E-state index is 13.0. The zero-order valence-electron chi connectivity index (χ0n) is 17.2. The van der Waals surface area contributed by atoms with Crippen LogP contribution in [0.25, 0.3) is 0 Å². The van der Waals surface area contributed by atoms with Gasteiger partial charge in [0.25, 0.3) is 5.91 Å². The van der Waals surface area contributed by atoms with Gasteiger partial charge in [0, 0.05) is 44.3 Å². The number of rotatable bonds is 7. The summed E-state index contributed by atoms with van der Waals surface area (Å²) in [5, 5.41) is 5.60. The van der Waals surface area contributed by atoms with Crippen LogP contribution in [0, 0.1) is 12.8 Å². The van der Waals surface area contributed by atoms with Crippen molar-refractivity contribution >= 4 is 29.1 Å². The second kappa shape index (κ2) is 9.83. The molecule has 2 aromatic rings. The maximum absolute atomic E-state index is 13.0. The van der Waals surface area contributed by atoms with E-state index in [1.54, 1.807) is 4.68 Å². The molecule has 0 aliphatic carbocycles. The minimum absolute atomic E-state index is 0.0282. The third kappa shape index (κ3) is 5.65. The number of carbonyl (C=O) groups excluding carboxylic acids is 1. The summed E-state index contributed by atoms with van der Waals surface area (Å²) in [4.78, 5) is 17.2. The average molecular weight is 439 g/mol. The number of carbonyl (C=O) groups is 1. The van der Waals surface area contributed by atoms with Crippen molar-refractivity contribution < 1.29 is 9.53 Å². The first-order valence-electron chi connectivity index (χ1n) is 9.98. The van der Waals surface area contributed by atoms with E-state index >= 15 is 0 Å². The predicted octanol–water partition coefficient (Wildman–Crippen LogP) is 3.99. The second-order valence-electron chi connectivity index (χ2n) is 7.76. The molecule has 0 N–H and O–H groups in total. The molecule has 1 aromatic heterocycles. The van der Waals surface area contributed by atoms with E-state index in [2.05, 4.69) is 23.8 Å². The fourth-order valence-electron chi connectivity index (χ4n) is 3.42. The Labute approximate surface area is 182 Å². The van der Waals surface area contributed by atoms with E-state index in [4.69, 9.17) is 27.9 Å². The highest BCUT2D eigenvalue weighted by molar-refractivity contribution is 6.33. The molecule has 0 spiro atoms. The summed E-state index contributed by atoms with van der Waals surface area (Å²) in [6, 6.07) is 7.37. The van der Waals surface area contributed by atoms with Crippen LogP contribution in [0.1, 0.15) is 29.9 Å². The van der Waals surface area contributed by atoms with E-state index in [0.717, 1.165) is 25.4 Å². The van der Waals surface area contributed by atoms with Crippen LogP contribution in [-0.4, -0.2) is 64.8 Å². The number of hydrogen-bond acceptors (Lipinski definition) is 4. The van der Waals surface area contributed by atoms with Crippen LogP contribution in [-0.2, 0) is 6.54 Å². The number of aromatic nitrogens is 2. The minimum Gasteiger partial charge on any atom is -0.492 e. The standard InChI is InChI=1S/C21H28Cl2N4O2/c1-15(2)14-27-20(23)19(16(3)24-27)21(28)26-10-8-25(9-11-26)12-13-29-18-6-4-17(22)5-7-18/h4-7,15H,8-14H2,1-3H3. The van der Waals surface area contributed by atoms with Crippen molar-refractivity contribution in [3.8, 4) is 5.75 Å². The van der Waals surface area contributed by atoms with E-state index in [0.29, 0.717) is 53.6 Å². The van der Waals surface area contributed by atoms with E-state index in [1.807, 2.05) is 36.1 Å². The molecular formula is C21H28Cl2N4O2. The molecule has 1 aromatic carbocycles. The van der Waals surface area contributed by atoms with Crippen LogP contribution in [0.15, 0.2) is 24.3 Å². The van der Waals surface area contributed by atoms with E-state index < -0.39 is 0 Å². The zero-order chi connectivity index (χ0) is 21.0. The predicted molar refractivity (Wildman–Crippen MR) is 116 cm³/mol. The first-order chi connectivity index (χ1) is 13.8. The smallest absolute Gasteiger partial charge is 0.258 e. The van der Waals surface area contributed by atoms with Crippen molar-refractivity contribution in [2.45, 2.75) is 27.3 Å². The molecule has 29 heavy (non-hydrogen) atoms. The van der Waals surface area contributed by atoms with Crippen molar-refractivity contribution in [3.63, 3.8) is 0 Å². The Balaban J connectivity index is 1.49. The molecule has 3 rings (SSSR count). The summed E-state index contributed by atoms with van der Waals surface area (Å²) in [6.45, 7) is 11.1. The van der Waals surface area contributed by atoms with Gasteiger partial charge in [0.1, 0.15) is 17.5 Å². The first-order valence-corrected chi connectivity index (χ1v) is 10.7. The number of benzene rings is 1. The number of amides is 1. The van der Waals surface area contributed by atoms with Gasteiger partial charge in [0.05, 0.1) is 11.3 Å². The lowest BCUT2D eigenvalue weighted by molar-refractivity contribution is 0.0619. The molecule has 0 bridgehead atoms. The Morgan fingerprint density at radius 3 is 2.41 bits per heavy atom. The van der Waals surface area contributed by atoms with E-state index in [9.17, 15) is 4.79 Å². The molecule has 1 amide bonds. The second-order valence-corrected chi connectivity index (χ2v) is 8.56. The molecule has 0 unspecified atom stereocenters. The summed E-state index contributed by atoms with van der Waals surface area (Å²) < 4.78 is 7.50. The quantitative estimate of drug-likeness (QED) is 0.655. The van der Waals surface area contributed by atoms with Crippen LogP contribution < -0.4 is 4.74 Å². The molecule has 1 saturated heterocycles. The van der Waals surface area contributed by atoms with E-state index in [1.165, 1.54) is 0 Å². The van der Waals surface area contributed by atoms with Gasteiger partial charge in [-0.3, -0.25) is 14.4 Å². The molecule has 6 nitrogen and oxygen atoms in total. The Kier molecular flexibility index (Phi) is 7.44. The van der Waals surface area contributed by atoms with Gasteiger partial charge in [-0.05, 0) is 37.1 Å². The molecular weight excluding hydrogens is 411 g/mol. The lowest BCUT2D eigenvalue weighted by Gasteiger charge is -2.34. The molecule has 1 aliphatic heterocycles. The summed E-state index contributed by atoms with van der Waals surface area (Å²) in [6.07, 6.45) is 0. The highest BCUT2D eigenvalue weighted by Crippen LogP contribution is 2.23. The van der Waals surface area contributed by atoms with Gasteiger partial charge in [0.2, 0.25) is 0 Å². The van der Waals surface area contributed by atoms with Crippen molar-refractivity contribution in [2.24, 2.45) is 5.92 Å². The third-order valence-electron chi connectivity index (χ3n) is 4.97. The summed E-state index contributed by atoms with van der Waals surface area (Å²) in [5.74, 6) is 1.19. The highest BCUT2D eigenvalue weighted by atomic mass is 35.5. The van der Waals surface area contributed by atoms with Crippen molar-refractivity contribution in [3.05, 3.63) is 45.7 Å². The molecule has 8 heteroatoms. The van der Waals surface area contributed by atoms with Crippen LogP contribution >= 0.6 is 23.2 Å². The van der Waals surface area contributed by atoms with Gasteiger partial charge in [-0.2, -0.15) is 5.10 Å². The van der Waals surface area contributed by atoms with Crippen LogP contribution in [0.2, 0.25) is 10.2 Å². The number of piperazine rings is 1. The normalized spacial score (nSPS) is 15.2. The highest BCUT2D eigenvalue weighted by Gasteiger charge is 2.27. The molecule has 0 radical (unpaired) electrons. The third-order valence-corrected chi connectivity index (χ3v) is 5.60. The van der Waals surface area contributed by atoms with E-state index in [-0.39, 0.29) is 5.91 Å². The molecule has 1 aliphatic rings. The van der Waals surface area contributed by atoms with Crippen molar-refractivity contribution in [2.75, 3.05) is 39.3 Å². The van der Waals surface area contributed by atoms with Gasteiger partial charge in [-0.15, -0.1) is 0 Å². The summed E-state index contributed by atoms with van der Waals surface area (Å²) >= 11 is 12.4. The van der Waals surface area contributed by atoms with Crippen molar-refractivity contribution in [1.29, 1.82) is 0 Å². The fraction of sp³-hybridized carbons (Fsp3) is 0.524. The van der Waals surface area contributed by atoms with Crippen molar-refractivity contribution in [1.82, 2.24) is 19.6 Å². The Morgan fingerprint density at radius 2 is 1.79 bits per heavy atom. The molecule has 158 valence electrons. The monoisotopic (exact) mass is 438 g/mol. The first kappa shape index (κ1) is 21.9. The number of ether oxygens (including phenoxy) is 1. The molecule has 0 atom stereocenters. The zero-order valence-corrected chi connectivity index (χ0v) is 18.7. The SMILES string of the molecule is Cc1nn(CC(C)C)c(Cl)c1C(=O)N1CCN(CCOc2ccc(Cl)cc2)CC1. The molecule has 0 saturated carbocycles. The Hall–Kier alpha value is -1.76. The number of aryl methyl sites for hydroxylation is 1. The van der Waals surface area contributed by atoms with Gasteiger partial charge >= 0.3 is 0 Å². The Morgan fingerprint density at radius 1 is 1.14 bits per heavy atom. The number of nitrogens with zero attached hydrogens (tertiary/aromatic N) is 4. The Bertz CT molecular complexity index is 828. The van der Waals surface area contributed by atoms with Crippen LogP contribution in [0.5, 0.6) is 5.75 Å². The number of hydrogen-bond donors (Lipinski definition) is 0. The van der Waals surface area contributed by atoms with Crippen LogP contribution in [0.4, 0.5) is 0 Å². The topological polar surface area (TPSA) is 50.6 Å². The minimum atomic E-state index is -0.0282. The van der Waals surface area contributed by atoms with Gasteiger partial charge < -0.3 is 9.64 Å². The largest absolute Gasteiger partial charge is 0.492 e. The fourth-order valence-corrected chi connectivity index (χ4v) is 3.87. The molecule has 1 fully saturated rings. The molecule has 2 heterocycles. The summed E-state index contributed by atoms with van der Waals surface area (Å²) in [7, 11) is 0. The van der Waals surface area contributed by atoms with Crippen LogP contribution in [0.3, 0.4) is 0 Å². The maximum Gasteiger partial charge on any atom is 0.258 e. The van der Waals surface area contributed by atoms with Gasteiger partial charge in [-0.25, -0.2) is 0 Å². The van der Waals surface area contributed by atoms with Gasteiger partial charge in [0.15, 0.2) is 0 Å². The number of halogens is 2. The average Bonchev–Trinajstić information content (AvgIpc) is 2.96. The lowest BCUT2D eigenvalue weighted by atomic mass is 10.2.